The van der Waals surface area contributed by atoms with E-state index in [9.17, 15) is 28.1 Å². The molecule has 0 heterocycles. The summed E-state index contributed by atoms with van der Waals surface area (Å²) in [6, 6.07) is 10.4. The maximum Gasteiger partial charge on any atom is 0.321 e. The number of carbonyl (C=O) groups excluding carboxylic acids is 2. The Morgan fingerprint density at radius 3 is 2.29 bits per heavy atom. The van der Waals surface area contributed by atoms with Crippen LogP contribution in [0, 0.1) is 10.1 Å². The largest absolute Gasteiger partial charge is 0.455 e. The van der Waals surface area contributed by atoms with Crippen molar-refractivity contribution in [2.75, 3.05) is 48.8 Å². The maximum atomic E-state index is 12.4. The number of anilines is 3. The highest BCUT2D eigenvalue weighted by Crippen LogP contribution is 2.27. The van der Waals surface area contributed by atoms with Gasteiger partial charge in [0.25, 0.3) is 11.6 Å². The van der Waals surface area contributed by atoms with Crippen LogP contribution < -0.4 is 20.3 Å². The molecule has 0 aliphatic rings. The van der Waals surface area contributed by atoms with E-state index in [1.807, 2.05) is 30.7 Å². The number of rotatable bonds is 12. The van der Waals surface area contributed by atoms with Crippen molar-refractivity contribution in [2.45, 2.75) is 18.7 Å². The Bertz CT molecular complexity index is 1130. The van der Waals surface area contributed by atoms with E-state index in [-0.39, 0.29) is 5.69 Å². The van der Waals surface area contributed by atoms with Crippen LogP contribution in [0.3, 0.4) is 0 Å². The summed E-state index contributed by atoms with van der Waals surface area (Å²) in [6.45, 7) is 4.41. The molecule has 0 saturated carbocycles. The zero-order valence-electron chi connectivity index (χ0n) is 19.0. The number of nitro groups is 1. The summed E-state index contributed by atoms with van der Waals surface area (Å²) >= 11 is 0. The lowest BCUT2D eigenvalue weighted by molar-refractivity contribution is -0.384. The van der Waals surface area contributed by atoms with Crippen molar-refractivity contribution in [3.8, 4) is 0 Å². The molecule has 12 nitrogen and oxygen atoms in total. The van der Waals surface area contributed by atoms with Crippen LogP contribution in [0.15, 0.2) is 47.4 Å². The molecule has 0 atom stereocenters. The van der Waals surface area contributed by atoms with Gasteiger partial charge in [-0.05, 0) is 50.2 Å². The Morgan fingerprint density at radius 2 is 1.74 bits per heavy atom. The summed E-state index contributed by atoms with van der Waals surface area (Å²) in [5.74, 6) is -1.58. The molecule has 1 amide bonds. The molecule has 34 heavy (non-hydrogen) atoms. The normalized spacial score (nSPS) is 10.9. The molecule has 0 radical (unpaired) electrons. The number of amides is 1. The number of hydrogen-bond acceptors (Lipinski definition) is 9. The first-order valence-electron chi connectivity index (χ1n) is 10.4. The van der Waals surface area contributed by atoms with E-state index in [2.05, 4.69) is 15.5 Å². The lowest BCUT2D eigenvalue weighted by atomic mass is 10.2. The third-order valence-electron chi connectivity index (χ3n) is 4.80. The zero-order valence-corrected chi connectivity index (χ0v) is 19.8. The number of esters is 1. The second-order valence-corrected chi connectivity index (χ2v) is 8.71. The Kier molecular flexibility index (Phi) is 9.33. The maximum absolute atomic E-state index is 12.4. The fraction of sp³-hybridized carbons (Fsp3) is 0.333. The summed E-state index contributed by atoms with van der Waals surface area (Å²) in [6.07, 6.45) is 0. The monoisotopic (exact) mass is 493 g/mol. The summed E-state index contributed by atoms with van der Waals surface area (Å²) < 4.78 is 31.5. The molecular formula is C21H27N5O7S. The van der Waals surface area contributed by atoms with Gasteiger partial charge in [-0.25, -0.2) is 8.42 Å². The number of benzene rings is 2. The average Bonchev–Trinajstić information content (AvgIpc) is 2.82. The molecule has 2 aromatic carbocycles. The van der Waals surface area contributed by atoms with Crippen LogP contribution in [0.2, 0.25) is 0 Å². The van der Waals surface area contributed by atoms with Gasteiger partial charge in [0.05, 0.1) is 9.82 Å². The third-order valence-corrected chi connectivity index (χ3v) is 6.19. The molecule has 2 aromatic rings. The Morgan fingerprint density at radius 1 is 1.09 bits per heavy atom. The van der Waals surface area contributed by atoms with Gasteiger partial charge >= 0.3 is 5.97 Å². The average molecular weight is 494 g/mol. The first kappa shape index (κ1) is 26.5. The molecule has 0 aliphatic carbocycles. The van der Waals surface area contributed by atoms with Crippen molar-refractivity contribution in [1.82, 2.24) is 4.72 Å². The Labute approximate surface area is 197 Å². The highest BCUT2D eigenvalue weighted by molar-refractivity contribution is 7.89. The van der Waals surface area contributed by atoms with Crippen molar-refractivity contribution < 1.29 is 27.7 Å². The quantitative estimate of drug-likeness (QED) is 0.228. The summed E-state index contributed by atoms with van der Waals surface area (Å²) in [7, 11) is -2.77. The molecule has 184 valence electrons. The van der Waals surface area contributed by atoms with Gasteiger partial charge in [-0.1, -0.05) is 0 Å². The van der Waals surface area contributed by atoms with Crippen molar-refractivity contribution in [3.63, 3.8) is 0 Å². The lowest BCUT2D eigenvalue weighted by Crippen LogP contribution is -2.32. The van der Waals surface area contributed by atoms with E-state index in [4.69, 9.17) is 4.74 Å². The highest BCUT2D eigenvalue weighted by atomic mass is 32.2. The molecule has 0 aromatic heterocycles. The smallest absolute Gasteiger partial charge is 0.321 e. The molecule has 0 spiro atoms. The molecule has 3 N–H and O–H groups in total. The zero-order chi connectivity index (χ0) is 25.3. The van der Waals surface area contributed by atoms with E-state index in [0.29, 0.717) is 5.69 Å². The minimum atomic E-state index is -4.23. The predicted molar refractivity (Wildman–Crippen MR) is 127 cm³/mol. The van der Waals surface area contributed by atoms with E-state index >= 15 is 0 Å². The van der Waals surface area contributed by atoms with Crippen LogP contribution >= 0.6 is 0 Å². The lowest BCUT2D eigenvalue weighted by Gasteiger charge is -2.21. The number of sulfonamides is 1. The van der Waals surface area contributed by atoms with Gasteiger partial charge in [0.1, 0.15) is 12.2 Å². The minimum Gasteiger partial charge on any atom is -0.455 e. The second-order valence-electron chi connectivity index (χ2n) is 6.94. The van der Waals surface area contributed by atoms with Gasteiger partial charge in [-0.3, -0.25) is 19.7 Å². The predicted octanol–water partition coefficient (Wildman–Crippen LogP) is 1.94. The van der Waals surface area contributed by atoms with E-state index < -0.39 is 50.6 Å². The van der Waals surface area contributed by atoms with E-state index in [0.717, 1.165) is 30.9 Å². The van der Waals surface area contributed by atoms with Gasteiger partial charge in [0.15, 0.2) is 6.61 Å². The first-order valence-corrected chi connectivity index (χ1v) is 11.9. The molecule has 0 fully saturated rings. The van der Waals surface area contributed by atoms with E-state index in [1.54, 1.807) is 12.1 Å². The number of nitrogens with zero attached hydrogens (tertiary/aromatic N) is 2. The van der Waals surface area contributed by atoms with Crippen molar-refractivity contribution >= 4 is 44.6 Å². The molecule has 13 heteroatoms. The Balaban J connectivity index is 1.87. The fourth-order valence-electron chi connectivity index (χ4n) is 3.02. The van der Waals surface area contributed by atoms with Gasteiger partial charge in [0, 0.05) is 37.6 Å². The van der Waals surface area contributed by atoms with Crippen molar-refractivity contribution in [3.05, 3.63) is 52.6 Å². The number of nitrogens with one attached hydrogen (secondary N) is 3. The van der Waals surface area contributed by atoms with E-state index in [1.165, 1.54) is 13.1 Å². The van der Waals surface area contributed by atoms with Crippen LogP contribution in [0.4, 0.5) is 22.7 Å². The summed E-state index contributed by atoms with van der Waals surface area (Å²) in [5, 5.41) is 16.3. The van der Waals surface area contributed by atoms with Gasteiger partial charge in [-0.2, -0.15) is 4.72 Å². The van der Waals surface area contributed by atoms with Crippen LogP contribution in [0.1, 0.15) is 13.8 Å². The van der Waals surface area contributed by atoms with Crippen molar-refractivity contribution in [1.29, 1.82) is 0 Å². The van der Waals surface area contributed by atoms with Crippen LogP contribution in [-0.2, 0) is 24.3 Å². The molecule has 0 unspecified atom stereocenters. The highest BCUT2D eigenvalue weighted by Gasteiger charge is 2.22. The molecule has 0 saturated heterocycles. The molecule has 2 rings (SSSR count). The minimum absolute atomic E-state index is 0.136. The molecular weight excluding hydrogens is 466 g/mol. The summed E-state index contributed by atoms with van der Waals surface area (Å²) in [5.41, 5.74) is 1.23. The van der Waals surface area contributed by atoms with Gasteiger partial charge in [0.2, 0.25) is 10.0 Å². The summed E-state index contributed by atoms with van der Waals surface area (Å²) in [4.78, 5) is 36.0. The third kappa shape index (κ3) is 7.15. The van der Waals surface area contributed by atoms with Crippen LogP contribution in [0.25, 0.3) is 0 Å². The second kappa shape index (κ2) is 12.0. The Hall–Kier alpha value is -3.71. The van der Waals surface area contributed by atoms with Crippen molar-refractivity contribution in [2.24, 2.45) is 0 Å². The van der Waals surface area contributed by atoms with Gasteiger partial charge < -0.3 is 20.3 Å². The van der Waals surface area contributed by atoms with Crippen LogP contribution in [-0.4, -0.2) is 58.5 Å². The van der Waals surface area contributed by atoms with Crippen LogP contribution in [0.5, 0.6) is 0 Å². The SMILES string of the molecule is CCN(CC)c1ccc(NC(=O)COC(=O)CNS(=O)(=O)c2ccc(NC)c([N+](=O)[O-])c2)cc1. The number of nitro benzene ring substituents is 1. The number of carbonyl (C=O) groups is 2. The number of hydrogen-bond donors (Lipinski definition) is 3. The first-order chi connectivity index (χ1) is 16.1. The topological polar surface area (TPSA) is 160 Å². The van der Waals surface area contributed by atoms with Gasteiger partial charge in [-0.15, -0.1) is 0 Å². The number of ether oxygens (including phenoxy) is 1. The fourth-order valence-corrected chi connectivity index (χ4v) is 4.01. The molecule has 0 aliphatic heterocycles. The standard InChI is InChI=1S/C21H27N5O7S/c1-4-25(5-2)16-8-6-15(7-9-16)24-20(27)14-33-21(28)13-23-34(31,32)17-10-11-18(22-3)19(12-17)26(29)30/h6-12,22-23H,4-5,13-14H2,1-3H3,(H,24,27). The molecule has 0 bridgehead atoms.